The fourth-order valence-electron chi connectivity index (χ4n) is 4.53. The molecule has 2 saturated carbocycles. The Morgan fingerprint density at radius 1 is 1.29 bits per heavy atom. The molecule has 2 aliphatic carbocycles. The van der Waals surface area contributed by atoms with E-state index in [0.717, 1.165) is 27.5 Å². The second-order valence-corrected chi connectivity index (χ2v) is 9.67. The number of aromatic nitrogens is 1. The molecule has 0 saturated heterocycles. The third kappa shape index (κ3) is 1.87. The quantitative estimate of drug-likeness (QED) is 0.779. The van der Waals surface area contributed by atoms with Crippen molar-refractivity contribution >= 4 is 54.3 Å². The number of nitrogens with zero attached hydrogens (tertiary/aromatic N) is 1. The number of benzene rings is 1. The van der Waals surface area contributed by atoms with Gasteiger partial charge in [-0.1, -0.05) is 48.0 Å². The zero-order chi connectivity index (χ0) is 17.3. The SMILES string of the molecule is CC12CCC(C(=O)Nc3nc4ccc(Br)cc4s3)(CC1=O)C2(C)C. The van der Waals surface area contributed by atoms with E-state index in [2.05, 4.69) is 40.1 Å². The molecular weight excluding hydrogens is 388 g/mol. The molecule has 0 radical (unpaired) electrons. The van der Waals surface area contributed by atoms with Crippen LogP contribution in [0.3, 0.4) is 0 Å². The van der Waals surface area contributed by atoms with Gasteiger partial charge in [0.1, 0.15) is 5.78 Å². The molecule has 4 nitrogen and oxygen atoms in total. The Kier molecular flexibility index (Phi) is 3.30. The average Bonchev–Trinajstić information content (AvgIpc) is 3.03. The minimum atomic E-state index is -0.614. The summed E-state index contributed by atoms with van der Waals surface area (Å²) in [4.78, 5) is 30.2. The highest BCUT2D eigenvalue weighted by molar-refractivity contribution is 9.10. The van der Waals surface area contributed by atoms with Crippen molar-refractivity contribution in [3.63, 3.8) is 0 Å². The van der Waals surface area contributed by atoms with Crippen LogP contribution < -0.4 is 5.32 Å². The van der Waals surface area contributed by atoms with Gasteiger partial charge >= 0.3 is 0 Å². The average molecular weight is 407 g/mol. The number of halogens is 1. The van der Waals surface area contributed by atoms with Gasteiger partial charge < -0.3 is 5.32 Å². The molecule has 6 heteroatoms. The van der Waals surface area contributed by atoms with E-state index >= 15 is 0 Å². The third-order valence-electron chi connectivity index (χ3n) is 6.71. The van der Waals surface area contributed by atoms with Gasteiger partial charge in [-0.3, -0.25) is 9.59 Å². The molecule has 1 N–H and O–H groups in total. The van der Waals surface area contributed by atoms with Crippen molar-refractivity contribution in [3.8, 4) is 0 Å². The van der Waals surface area contributed by atoms with E-state index in [9.17, 15) is 9.59 Å². The van der Waals surface area contributed by atoms with Crippen LogP contribution in [0.15, 0.2) is 22.7 Å². The summed E-state index contributed by atoms with van der Waals surface area (Å²) in [6.07, 6.45) is 1.91. The molecule has 2 atom stereocenters. The van der Waals surface area contributed by atoms with Crippen LogP contribution in [0.25, 0.3) is 10.2 Å². The Morgan fingerprint density at radius 2 is 2.04 bits per heavy atom. The molecule has 1 heterocycles. The number of ketones is 1. The number of fused-ring (bicyclic) bond motifs is 3. The maximum Gasteiger partial charge on any atom is 0.233 e. The van der Waals surface area contributed by atoms with Crippen LogP contribution in [0.1, 0.15) is 40.0 Å². The van der Waals surface area contributed by atoms with Crippen molar-refractivity contribution in [3.05, 3.63) is 22.7 Å². The molecule has 2 aliphatic rings. The van der Waals surface area contributed by atoms with Crippen molar-refractivity contribution in [2.45, 2.75) is 40.0 Å². The molecule has 2 bridgehead atoms. The number of thiazole rings is 1. The molecule has 0 spiro atoms. The topological polar surface area (TPSA) is 59.1 Å². The molecule has 126 valence electrons. The lowest BCUT2D eigenvalue weighted by Crippen LogP contribution is -2.43. The van der Waals surface area contributed by atoms with Gasteiger partial charge in [0.2, 0.25) is 5.91 Å². The largest absolute Gasteiger partial charge is 0.301 e. The summed E-state index contributed by atoms with van der Waals surface area (Å²) < 4.78 is 2.01. The Labute approximate surface area is 153 Å². The molecule has 4 rings (SSSR count). The lowest BCUT2D eigenvalue weighted by atomic mass is 9.64. The first-order valence-electron chi connectivity index (χ1n) is 8.10. The van der Waals surface area contributed by atoms with Crippen molar-refractivity contribution in [2.24, 2.45) is 16.2 Å². The van der Waals surface area contributed by atoms with Gasteiger partial charge in [0.15, 0.2) is 5.13 Å². The van der Waals surface area contributed by atoms with Gasteiger partial charge in [0.25, 0.3) is 0 Å². The maximum atomic E-state index is 13.1. The first-order valence-corrected chi connectivity index (χ1v) is 9.71. The minimum Gasteiger partial charge on any atom is -0.301 e. The molecule has 1 aromatic carbocycles. The number of carbonyl (C=O) groups excluding carboxylic acids is 2. The van der Waals surface area contributed by atoms with Gasteiger partial charge in [0.05, 0.1) is 15.6 Å². The van der Waals surface area contributed by atoms with Crippen molar-refractivity contribution in [1.82, 2.24) is 4.98 Å². The lowest BCUT2D eigenvalue weighted by molar-refractivity contribution is -0.131. The standard InChI is InChI=1S/C18H19BrN2O2S/c1-16(2)17(3)6-7-18(16,9-13(17)22)14(23)21-15-20-11-5-4-10(19)8-12(11)24-15/h4-5,8H,6-7,9H2,1-3H3,(H,20,21,23). The van der Waals surface area contributed by atoms with Gasteiger partial charge in [-0.05, 0) is 36.5 Å². The number of anilines is 1. The van der Waals surface area contributed by atoms with Crippen LogP contribution in [0, 0.1) is 16.2 Å². The molecular formula is C18H19BrN2O2S. The number of hydrogen-bond acceptors (Lipinski definition) is 4. The van der Waals surface area contributed by atoms with E-state index in [-0.39, 0.29) is 22.5 Å². The number of rotatable bonds is 2. The minimum absolute atomic E-state index is 0.0554. The highest BCUT2D eigenvalue weighted by Gasteiger charge is 2.72. The zero-order valence-corrected chi connectivity index (χ0v) is 16.3. The normalized spacial score (nSPS) is 30.9. The Morgan fingerprint density at radius 3 is 2.67 bits per heavy atom. The number of amides is 1. The first kappa shape index (κ1) is 16.2. The number of carbonyl (C=O) groups is 2. The maximum absolute atomic E-state index is 13.1. The summed E-state index contributed by atoms with van der Waals surface area (Å²) in [6, 6.07) is 5.86. The van der Waals surface area contributed by atoms with Crippen molar-refractivity contribution < 1.29 is 9.59 Å². The van der Waals surface area contributed by atoms with Crippen LogP contribution >= 0.6 is 27.3 Å². The van der Waals surface area contributed by atoms with Gasteiger partial charge in [-0.15, -0.1) is 0 Å². The van der Waals surface area contributed by atoms with Crippen LogP contribution in [-0.2, 0) is 9.59 Å². The van der Waals surface area contributed by atoms with Crippen LogP contribution in [0.4, 0.5) is 5.13 Å². The van der Waals surface area contributed by atoms with Crippen LogP contribution in [-0.4, -0.2) is 16.7 Å². The summed E-state index contributed by atoms with van der Waals surface area (Å²) in [5.41, 5.74) is -0.463. The van der Waals surface area contributed by atoms with E-state index in [0.29, 0.717) is 11.6 Å². The van der Waals surface area contributed by atoms with Gasteiger partial charge in [0, 0.05) is 16.3 Å². The molecule has 24 heavy (non-hydrogen) atoms. The van der Waals surface area contributed by atoms with E-state index in [1.165, 1.54) is 11.3 Å². The summed E-state index contributed by atoms with van der Waals surface area (Å²) in [6.45, 7) is 6.16. The van der Waals surface area contributed by atoms with Crippen molar-refractivity contribution in [2.75, 3.05) is 5.32 Å². The fraction of sp³-hybridized carbons (Fsp3) is 0.500. The summed E-state index contributed by atoms with van der Waals surface area (Å²) in [7, 11) is 0. The smallest absolute Gasteiger partial charge is 0.233 e. The molecule has 2 unspecified atom stereocenters. The summed E-state index contributed by atoms with van der Waals surface area (Å²) >= 11 is 4.92. The Bertz CT molecular complexity index is 890. The summed E-state index contributed by atoms with van der Waals surface area (Å²) in [5.74, 6) is 0.169. The second-order valence-electron chi connectivity index (χ2n) is 7.72. The van der Waals surface area contributed by atoms with Crippen LogP contribution in [0.2, 0.25) is 0 Å². The van der Waals surface area contributed by atoms with Gasteiger partial charge in [-0.2, -0.15) is 0 Å². The Balaban J connectivity index is 1.67. The monoisotopic (exact) mass is 406 g/mol. The van der Waals surface area contributed by atoms with Crippen LogP contribution in [0.5, 0.6) is 0 Å². The lowest BCUT2D eigenvalue weighted by Gasteiger charge is -2.38. The highest BCUT2D eigenvalue weighted by atomic mass is 79.9. The van der Waals surface area contributed by atoms with Gasteiger partial charge in [-0.25, -0.2) is 4.98 Å². The second kappa shape index (κ2) is 4.88. The molecule has 1 aromatic heterocycles. The number of Topliss-reactive ketones (excluding diaryl/α,β-unsaturated/α-hetero) is 1. The molecule has 2 fully saturated rings. The third-order valence-corrected chi connectivity index (χ3v) is 8.14. The number of nitrogens with one attached hydrogen (secondary N) is 1. The van der Waals surface area contributed by atoms with E-state index in [1.807, 2.05) is 25.1 Å². The predicted molar refractivity (Wildman–Crippen MR) is 99.1 cm³/mol. The van der Waals surface area contributed by atoms with Crippen molar-refractivity contribution in [1.29, 1.82) is 0 Å². The van der Waals surface area contributed by atoms with E-state index in [1.54, 1.807) is 0 Å². The molecule has 1 amide bonds. The summed E-state index contributed by atoms with van der Waals surface area (Å²) in [5, 5.41) is 3.61. The fourth-order valence-corrected chi connectivity index (χ4v) is 5.94. The molecule has 0 aliphatic heterocycles. The predicted octanol–water partition coefficient (Wildman–Crippen LogP) is 4.78. The van der Waals surface area contributed by atoms with E-state index in [4.69, 9.17) is 0 Å². The molecule has 2 aromatic rings. The zero-order valence-electron chi connectivity index (χ0n) is 13.9. The first-order chi connectivity index (χ1) is 11.2. The number of hydrogen-bond donors (Lipinski definition) is 1. The Hall–Kier alpha value is -1.27. The van der Waals surface area contributed by atoms with E-state index < -0.39 is 5.41 Å². The highest BCUT2D eigenvalue weighted by Crippen LogP contribution is 2.70.